The first kappa shape index (κ1) is 14.4. The molecule has 6 heteroatoms. The van der Waals surface area contributed by atoms with Crippen LogP contribution in [0, 0.1) is 0 Å². The van der Waals surface area contributed by atoms with Gasteiger partial charge in [-0.3, -0.25) is 4.79 Å². The standard InChI is InChI=1S/C11H21NO4S/c1-3-16-11(13)8-9(2)12-10-4-6-17(14,15)7-5-10/h9-10,12H,3-8H2,1-2H3. The Morgan fingerprint density at radius 2 is 2.00 bits per heavy atom. The van der Waals surface area contributed by atoms with Crippen molar-refractivity contribution >= 4 is 15.8 Å². The average molecular weight is 263 g/mol. The highest BCUT2D eigenvalue weighted by atomic mass is 32.2. The fourth-order valence-electron chi connectivity index (χ4n) is 1.99. The number of rotatable bonds is 5. The minimum Gasteiger partial charge on any atom is -0.466 e. The first-order valence-corrected chi connectivity index (χ1v) is 7.87. The Labute approximate surface area is 103 Å². The Bertz CT molecular complexity index is 338. The van der Waals surface area contributed by atoms with Crippen LogP contribution in [0.2, 0.25) is 0 Å². The molecule has 1 aliphatic rings. The van der Waals surface area contributed by atoms with E-state index in [1.54, 1.807) is 6.92 Å². The predicted molar refractivity (Wildman–Crippen MR) is 65.5 cm³/mol. The molecule has 1 fully saturated rings. The number of hydrogen-bond donors (Lipinski definition) is 1. The Hall–Kier alpha value is -0.620. The number of ether oxygens (including phenoxy) is 1. The lowest BCUT2D eigenvalue weighted by molar-refractivity contribution is -0.143. The SMILES string of the molecule is CCOC(=O)CC(C)NC1CCS(=O)(=O)CC1. The van der Waals surface area contributed by atoms with Crippen molar-refractivity contribution in [3.05, 3.63) is 0 Å². The maximum Gasteiger partial charge on any atom is 0.307 e. The van der Waals surface area contributed by atoms with Crippen LogP contribution < -0.4 is 5.32 Å². The molecule has 1 unspecified atom stereocenters. The largest absolute Gasteiger partial charge is 0.466 e. The molecule has 0 saturated carbocycles. The zero-order chi connectivity index (χ0) is 12.9. The molecule has 0 bridgehead atoms. The maximum atomic E-state index is 11.2. The summed E-state index contributed by atoms with van der Waals surface area (Å²) in [6.07, 6.45) is 1.60. The normalized spacial score (nSPS) is 22.0. The number of hydrogen-bond acceptors (Lipinski definition) is 5. The van der Waals surface area contributed by atoms with Crippen molar-refractivity contribution in [1.29, 1.82) is 0 Å². The first-order valence-electron chi connectivity index (χ1n) is 6.05. The van der Waals surface area contributed by atoms with Crippen LogP contribution >= 0.6 is 0 Å². The summed E-state index contributed by atoms with van der Waals surface area (Å²) in [4.78, 5) is 11.2. The fourth-order valence-corrected chi connectivity index (χ4v) is 3.48. The minimum atomic E-state index is -2.81. The van der Waals surface area contributed by atoms with Gasteiger partial charge in [0.05, 0.1) is 24.5 Å². The molecule has 1 atom stereocenters. The smallest absolute Gasteiger partial charge is 0.307 e. The van der Waals surface area contributed by atoms with E-state index in [1.807, 2.05) is 6.92 Å². The summed E-state index contributed by atoms with van der Waals surface area (Å²) in [6.45, 7) is 4.09. The number of esters is 1. The van der Waals surface area contributed by atoms with Crippen molar-refractivity contribution in [2.75, 3.05) is 18.1 Å². The van der Waals surface area contributed by atoms with E-state index in [4.69, 9.17) is 4.74 Å². The molecule has 1 N–H and O–H groups in total. The number of sulfone groups is 1. The third-order valence-corrected chi connectivity index (χ3v) is 4.57. The molecule has 0 aliphatic carbocycles. The van der Waals surface area contributed by atoms with Gasteiger partial charge in [0, 0.05) is 12.1 Å². The van der Waals surface area contributed by atoms with Crippen molar-refractivity contribution in [1.82, 2.24) is 5.32 Å². The van der Waals surface area contributed by atoms with Crippen LogP contribution in [0.3, 0.4) is 0 Å². The van der Waals surface area contributed by atoms with Gasteiger partial charge in [0.1, 0.15) is 9.84 Å². The monoisotopic (exact) mass is 263 g/mol. The van der Waals surface area contributed by atoms with Crippen LogP contribution in [-0.4, -0.2) is 44.6 Å². The van der Waals surface area contributed by atoms with Gasteiger partial charge in [0.2, 0.25) is 0 Å². The van der Waals surface area contributed by atoms with E-state index >= 15 is 0 Å². The quantitative estimate of drug-likeness (QED) is 0.731. The van der Waals surface area contributed by atoms with E-state index in [2.05, 4.69) is 5.32 Å². The van der Waals surface area contributed by atoms with E-state index in [9.17, 15) is 13.2 Å². The Balaban J connectivity index is 2.28. The number of carbonyl (C=O) groups excluding carboxylic acids is 1. The van der Waals surface area contributed by atoms with Crippen LogP contribution in [0.5, 0.6) is 0 Å². The molecule has 0 aromatic rings. The molecule has 1 aliphatic heterocycles. The molecule has 0 spiro atoms. The fraction of sp³-hybridized carbons (Fsp3) is 0.909. The van der Waals surface area contributed by atoms with Crippen LogP contribution in [0.25, 0.3) is 0 Å². The lowest BCUT2D eigenvalue weighted by atomic mass is 10.1. The van der Waals surface area contributed by atoms with Crippen LogP contribution in [0.15, 0.2) is 0 Å². The van der Waals surface area contributed by atoms with E-state index in [0.717, 1.165) is 0 Å². The van der Waals surface area contributed by atoms with E-state index < -0.39 is 9.84 Å². The van der Waals surface area contributed by atoms with Gasteiger partial charge in [0.15, 0.2) is 0 Å². The summed E-state index contributed by atoms with van der Waals surface area (Å²) in [5.41, 5.74) is 0. The molecule has 0 aromatic carbocycles. The Morgan fingerprint density at radius 1 is 1.41 bits per heavy atom. The third kappa shape index (κ3) is 5.50. The average Bonchev–Trinajstić information content (AvgIpc) is 2.21. The Kier molecular flexibility index (Phi) is 5.39. The summed E-state index contributed by atoms with van der Waals surface area (Å²) >= 11 is 0. The van der Waals surface area contributed by atoms with Crippen molar-refractivity contribution in [2.24, 2.45) is 0 Å². The zero-order valence-corrected chi connectivity index (χ0v) is 11.3. The zero-order valence-electron chi connectivity index (χ0n) is 10.4. The highest BCUT2D eigenvalue weighted by Gasteiger charge is 2.24. The van der Waals surface area contributed by atoms with Crippen LogP contribution in [-0.2, 0) is 19.4 Å². The summed E-state index contributed by atoms with van der Waals surface area (Å²) in [7, 11) is -2.81. The summed E-state index contributed by atoms with van der Waals surface area (Å²) in [5.74, 6) is 0.282. The highest BCUT2D eigenvalue weighted by molar-refractivity contribution is 7.91. The van der Waals surface area contributed by atoms with Crippen LogP contribution in [0.4, 0.5) is 0 Å². The lowest BCUT2D eigenvalue weighted by Gasteiger charge is -2.26. The van der Waals surface area contributed by atoms with Gasteiger partial charge in [0.25, 0.3) is 0 Å². The molecule has 17 heavy (non-hydrogen) atoms. The van der Waals surface area contributed by atoms with Crippen molar-refractivity contribution < 1.29 is 17.9 Å². The summed E-state index contributed by atoms with van der Waals surface area (Å²) in [5, 5.41) is 3.28. The van der Waals surface area contributed by atoms with Gasteiger partial charge in [-0.15, -0.1) is 0 Å². The molecular formula is C11H21NO4S. The molecule has 0 radical (unpaired) electrons. The topological polar surface area (TPSA) is 72.5 Å². The Morgan fingerprint density at radius 3 is 2.53 bits per heavy atom. The predicted octanol–water partition coefficient (Wildman–Crippen LogP) is 0.495. The van der Waals surface area contributed by atoms with Gasteiger partial charge >= 0.3 is 5.97 Å². The van der Waals surface area contributed by atoms with Gasteiger partial charge in [-0.1, -0.05) is 0 Å². The lowest BCUT2D eigenvalue weighted by Crippen LogP contribution is -2.42. The molecule has 100 valence electrons. The molecule has 1 saturated heterocycles. The second-order valence-electron chi connectivity index (χ2n) is 4.50. The summed E-state index contributed by atoms with van der Waals surface area (Å²) < 4.78 is 27.3. The number of nitrogens with one attached hydrogen (secondary N) is 1. The van der Waals surface area contributed by atoms with E-state index in [1.165, 1.54) is 0 Å². The van der Waals surface area contributed by atoms with Crippen LogP contribution in [0.1, 0.15) is 33.1 Å². The van der Waals surface area contributed by atoms with Gasteiger partial charge in [-0.2, -0.15) is 0 Å². The third-order valence-electron chi connectivity index (χ3n) is 2.85. The minimum absolute atomic E-state index is 0.0276. The molecule has 1 rings (SSSR count). The molecule has 5 nitrogen and oxygen atoms in total. The molecule has 0 aromatic heterocycles. The molecule has 1 heterocycles. The molecule has 0 amide bonds. The summed E-state index contributed by atoms with van der Waals surface area (Å²) in [6, 6.07) is 0.225. The van der Waals surface area contributed by atoms with E-state index in [-0.39, 0.29) is 29.6 Å². The van der Waals surface area contributed by atoms with Crippen molar-refractivity contribution in [3.8, 4) is 0 Å². The van der Waals surface area contributed by atoms with Gasteiger partial charge < -0.3 is 10.1 Å². The highest BCUT2D eigenvalue weighted by Crippen LogP contribution is 2.13. The van der Waals surface area contributed by atoms with E-state index in [0.29, 0.717) is 25.9 Å². The van der Waals surface area contributed by atoms with Crippen molar-refractivity contribution in [3.63, 3.8) is 0 Å². The second-order valence-corrected chi connectivity index (χ2v) is 6.81. The van der Waals surface area contributed by atoms with Gasteiger partial charge in [-0.25, -0.2) is 8.42 Å². The maximum absolute atomic E-state index is 11.2. The first-order chi connectivity index (χ1) is 7.93. The molecular weight excluding hydrogens is 242 g/mol. The van der Waals surface area contributed by atoms with Gasteiger partial charge in [-0.05, 0) is 26.7 Å². The second kappa shape index (κ2) is 6.35. The number of carbonyl (C=O) groups is 1. The van der Waals surface area contributed by atoms with Crippen molar-refractivity contribution in [2.45, 2.75) is 45.2 Å².